The van der Waals surface area contributed by atoms with Crippen LogP contribution in [0, 0.1) is 10.1 Å². The van der Waals surface area contributed by atoms with E-state index >= 15 is 0 Å². The van der Waals surface area contributed by atoms with E-state index in [2.05, 4.69) is 5.32 Å². The van der Waals surface area contributed by atoms with Crippen LogP contribution >= 0.6 is 0 Å². The van der Waals surface area contributed by atoms with Crippen LogP contribution in [0.15, 0.2) is 46.8 Å². The molecule has 144 valence electrons. The number of aliphatic carboxylic acids is 2. The van der Waals surface area contributed by atoms with Crippen LogP contribution in [0.3, 0.4) is 0 Å². The number of nitrogens with zero attached hydrogens (tertiary/aromatic N) is 1. The normalized spacial score (nSPS) is 14.9. The van der Waals surface area contributed by atoms with Gasteiger partial charge in [-0.05, 0) is 37.8 Å². The zero-order valence-electron chi connectivity index (χ0n) is 15.2. The largest absolute Gasteiger partial charge is 0.481 e. The number of carboxylic acid groups (broad SMARTS) is 2. The Bertz CT molecular complexity index is 800. The second-order valence-electron chi connectivity index (χ2n) is 6.46. The third-order valence-corrected chi connectivity index (χ3v) is 4.70. The van der Waals surface area contributed by atoms with Gasteiger partial charge in [-0.2, -0.15) is 0 Å². The zero-order chi connectivity index (χ0) is 20.1. The highest BCUT2D eigenvalue weighted by atomic mass is 16.6. The van der Waals surface area contributed by atoms with Crippen molar-refractivity contribution >= 4 is 17.6 Å². The molecular weight excluding hydrogens is 352 g/mol. The number of carbonyl (C=O) groups is 2. The molecular formula is C19H22N2O6. The average molecular weight is 374 g/mol. The maximum absolute atomic E-state index is 11.5. The third kappa shape index (κ3) is 4.72. The first-order chi connectivity index (χ1) is 12.7. The molecule has 0 fully saturated rings. The van der Waals surface area contributed by atoms with Crippen molar-refractivity contribution < 1.29 is 24.7 Å². The van der Waals surface area contributed by atoms with Crippen LogP contribution in [0.1, 0.15) is 51.0 Å². The van der Waals surface area contributed by atoms with Crippen LogP contribution in [-0.4, -0.2) is 27.1 Å². The summed E-state index contributed by atoms with van der Waals surface area (Å²) in [5.74, 6) is -2.45. The number of nitrogens with one attached hydrogen (secondary N) is 1. The summed E-state index contributed by atoms with van der Waals surface area (Å²) in [6.45, 7) is 3.60. The van der Waals surface area contributed by atoms with Gasteiger partial charge in [0.15, 0.2) is 0 Å². The summed E-state index contributed by atoms with van der Waals surface area (Å²) < 4.78 is 0. The van der Waals surface area contributed by atoms with E-state index < -0.39 is 22.8 Å². The van der Waals surface area contributed by atoms with Crippen molar-refractivity contribution in [2.75, 3.05) is 0 Å². The van der Waals surface area contributed by atoms with Crippen molar-refractivity contribution in [3.8, 4) is 0 Å². The predicted molar refractivity (Wildman–Crippen MR) is 98.1 cm³/mol. The number of allylic oxidation sites excluding steroid dienone is 4. The minimum atomic E-state index is -0.963. The van der Waals surface area contributed by atoms with E-state index in [-0.39, 0.29) is 31.4 Å². The number of carboxylic acids is 2. The Morgan fingerprint density at radius 1 is 1.04 bits per heavy atom. The van der Waals surface area contributed by atoms with Gasteiger partial charge in [0.1, 0.15) is 0 Å². The van der Waals surface area contributed by atoms with Gasteiger partial charge in [0, 0.05) is 41.8 Å². The van der Waals surface area contributed by atoms with Crippen LogP contribution < -0.4 is 5.32 Å². The fourth-order valence-corrected chi connectivity index (χ4v) is 3.51. The molecule has 8 nitrogen and oxygen atoms in total. The number of para-hydroxylation sites is 1. The van der Waals surface area contributed by atoms with Gasteiger partial charge in [-0.25, -0.2) is 0 Å². The first kappa shape index (κ1) is 20.2. The molecule has 0 unspecified atom stereocenters. The van der Waals surface area contributed by atoms with Gasteiger partial charge in [-0.3, -0.25) is 19.7 Å². The number of dihydropyridines is 1. The molecule has 1 aromatic rings. The molecule has 0 radical (unpaired) electrons. The molecule has 0 bridgehead atoms. The summed E-state index contributed by atoms with van der Waals surface area (Å²) in [5.41, 5.74) is 3.34. The van der Waals surface area contributed by atoms with E-state index in [1.807, 2.05) is 0 Å². The van der Waals surface area contributed by atoms with Crippen LogP contribution in [0.2, 0.25) is 0 Å². The van der Waals surface area contributed by atoms with E-state index in [9.17, 15) is 19.7 Å². The Morgan fingerprint density at radius 3 is 1.96 bits per heavy atom. The molecule has 3 N–H and O–H groups in total. The predicted octanol–water partition coefficient (Wildman–Crippen LogP) is 3.56. The van der Waals surface area contributed by atoms with Crippen molar-refractivity contribution in [3.05, 3.63) is 62.5 Å². The quantitative estimate of drug-likeness (QED) is 0.468. The number of rotatable bonds is 8. The minimum absolute atomic E-state index is 0.0642. The number of hydrogen-bond donors (Lipinski definition) is 3. The number of nitro groups is 1. The highest BCUT2D eigenvalue weighted by Gasteiger charge is 2.33. The summed E-state index contributed by atoms with van der Waals surface area (Å²) >= 11 is 0. The molecule has 0 aliphatic carbocycles. The Balaban J connectivity index is 2.59. The Labute approximate surface area is 156 Å². The van der Waals surface area contributed by atoms with E-state index in [1.54, 1.807) is 32.0 Å². The van der Waals surface area contributed by atoms with Crippen LogP contribution in [0.25, 0.3) is 0 Å². The summed E-state index contributed by atoms with van der Waals surface area (Å²) in [6, 6.07) is 6.32. The molecule has 0 atom stereocenters. The zero-order valence-corrected chi connectivity index (χ0v) is 15.2. The fraction of sp³-hybridized carbons (Fsp3) is 0.368. The van der Waals surface area contributed by atoms with Crippen molar-refractivity contribution in [2.24, 2.45) is 0 Å². The molecule has 1 aliphatic heterocycles. The van der Waals surface area contributed by atoms with Gasteiger partial charge in [-0.1, -0.05) is 18.2 Å². The van der Waals surface area contributed by atoms with Crippen molar-refractivity contribution in [1.29, 1.82) is 0 Å². The summed E-state index contributed by atoms with van der Waals surface area (Å²) in [7, 11) is 0. The van der Waals surface area contributed by atoms with Crippen LogP contribution in [-0.2, 0) is 9.59 Å². The Kier molecular flexibility index (Phi) is 6.33. The van der Waals surface area contributed by atoms with Gasteiger partial charge in [-0.15, -0.1) is 0 Å². The topological polar surface area (TPSA) is 130 Å². The lowest BCUT2D eigenvalue weighted by molar-refractivity contribution is -0.385. The molecule has 8 heteroatoms. The lowest BCUT2D eigenvalue weighted by atomic mass is 9.76. The minimum Gasteiger partial charge on any atom is -0.481 e. The lowest BCUT2D eigenvalue weighted by Gasteiger charge is -2.32. The van der Waals surface area contributed by atoms with E-state index in [4.69, 9.17) is 10.2 Å². The van der Waals surface area contributed by atoms with Crippen molar-refractivity contribution in [3.63, 3.8) is 0 Å². The van der Waals surface area contributed by atoms with Crippen LogP contribution in [0.5, 0.6) is 0 Å². The second-order valence-corrected chi connectivity index (χ2v) is 6.46. The van der Waals surface area contributed by atoms with Gasteiger partial charge in [0.2, 0.25) is 0 Å². The van der Waals surface area contributed by atoms with E-state index in [0.29, 0.717) is 5.56 Å². The molecule has 0 spiro atoms. The molecule has 1 heterocycles. The number of nitro benzene ring substituents is 1. The molecule has 0 saturated heterocycles. The SMILES string of the molecule is CC1=C(CCC(=O)O)C(c2ccccc2[N+](=O)[O-])C(CCC(=O)O)=C(C)N1. The van der Waals surface area contributed by atoms with E-state index in [1.165, 1.54) is 6.07 Å². The molecule has 0 aromatic heterocycles. The van der Waals surface area contributed by atoms with Crippen molar-refractivity contribution in [1.82, 2.24) is 5.32 Å². The number of benzene rings is 1. The van der Waals surface area contributed by atoms with Crippen LogP contribution in [0.4, 0.5) is 5.69 Å². The fourth-order valence-electron chi connectivity index (χ4n) is 3.51. The Morgan fingerprint density at radius 2 is 1.52 bits per heavy atom. The standard InChI is InChI=1S/C19H22N2O6/c1-11-13(7-9-17(22)23)19(14(12(2)20-11)8-10-18(24)25)15-5-3-4-6-16(15)21(26)27/h3-6,19-20H,7-10H2,1-2H3,(H,22,23)(H,24,25). The maximum atomic E-state index is 11.5. The first-order valence-electron chi connectivity index (χ1n) is 8.55. The monoisotopic (exact) mass is 374 g/mol. The van der Waals surface area contributed by atoms with Crippen molar-refractivity contribution in [2.45, 2.75) is 45.4 Å². The highest BCUT2D eigenvalue weighted by molar-refractivity contribution is 5.68. The van der Waals surface area contributed by atoms with Gasteiger partial charge < -0.3 is 15.5 Å². The van der Waals surface area contributed by atoms with Gasteiger partial charge in [0.05, 0.1) is 4.92 Å². The molecule has 1 aliphatic rings. The molecule has 2 rings (SSSR count). The maximum Gasteiger partial charge on any atom is 0.303 e. The first-order valence-corrected chi connectivity index (χ1v) is 8.55. The number of hydrogen-bond acceptors (Lipinski definition) is 5. The third-order valence-electron chi connectivity index (χ3n) is 4.70. The second kappa shape index (κ2) is 8.48. The van der Waals surface area contributed by atoms with Gasteiger partial charge in [0.25, 0.3) is 5.69 Å². The highest BCUT2D eigenvalue weighted by Crippen LogP contribution is 2.44. The smallest absolute Gasteiger partial charge is 0.303 e. The average Bonchev–Trinajstić information content (AvgIpc) is 2.59. The summed E-state index contributed by atoms with van der Waals surface area (Å²) in [6.07, 6.45) is 0.205. The lowest BCUT2D eigenvalue weighted by Crippen LogP contribution is -2.25. The molecule has 0 amide bonds. The van der Waals surface area contributed by atoms with Gasteiger partial charge >= 0.3 is 11.9 Å². The summed E-state index contributed by atoms with van der Waals surface area (Å²) in [5, 5.41) is 32.9. The molecule has 27 heavy (non-hydrogen) atoms. The Hall–Kier alpha value is -3.16. The van der Waals surface area contributed by atoms with E-state index in [0.717, 1.165) is 22.5 Å². The summed E-state index contributed by atoms with van der Waals surface area (Å²) in [4.78, 5) is 33.2. The molecule has 1 aromatic carbocycles. The molecule has 0 saturated carbocycles.